The van der Waals surface area contributed by atoms with E-state index in [1.54, 1.807) is 6.08 Å². The van der Waals surface area contributed by atoms with Gasteiger partial charge in [-0.1, -0.05) is 88.8 Å². The highest BCUT2D eigenvalue weighted by molar-refractivity contribution is 5.76. The van der Waals surface area contributed by atoms with Gasteiger partial charge in [-0.25, -0.2) is 0 Å². The molecule has 0 radical (unpaired) electrons. The van der Waals surface area contributed by atoms with Gasteiger partial charge >= 0.3 is 0 Å². The summed E-state index contributed by atoms with van der Waals surface area (Å²) >= 11 is 0. The highest BCUT2D eigenvalue weighted by atomic mass is 16.7. The second kappa shape index (κ2) is 26.9. The van der Waals surface area contributed by atoms with Crippen LogP contribution in [0, 0.1) is 0 Å². The number of nitrogens with one attached hydrogen (secondary N) is 1. The van der Waals surface area contributed by atoms with Crippen molar-refractivity contribution in [1.29, 1.82) is 0 Å². The third-order valence-electron chi connectivity index (χ3n) is 9.28. The summed E-state index contributed by atoms with van der Waals surface area (Å²) in [6.07, 6.45) is 9.65. The molecule has 9 N–H and O–H groups in total. The fourth-order valence-electron chi connectivity index (χ4n) is 6.07. The summed E-state index contributed by atoms with van der Waals surface area (Å²) in [5.41, 5.74) is 0. The third-order valence-corrected chi connectivity index (χ3v) is 9.28. The average molecular weight is 746 g/mol. The number of aliphatic hydroxyl groups excluding tert-OH is 8. The minimum absolute atomic E-state index is 0.219. The molecule has 0 aliphatic carbocycles. The molecule has 2 aliphatic heterocycles. The normalized spacial score (nSPS) is 31.1. The lowest BCUT2D eigenvalue weighted by atomic mass is 9.97. The zero-order chi connectivity index (χ0) is 38.3. The van der Waals surface area contributed by atoms with Crippen molar-refractivity contribution in [2.24, 2.45) is 0 Å². The van der Waals surface area contributed by atoms with Crippen LogP contribution in [-0.2, 0) is 23.7 Å². The van der Waals surface area contributed by atoms with Crippen molar-refractivity contribution in [2.75, 3.05) is 19.8 Å². The third kappa shape index (κ3) is 16.3. The van der Waals surface area contributed by atoms with Crippen molar-refractivity contribution in [3.05, 3.63) is 36.5 Å². The SMILES string of the molecule is CCCCCCCCC/C=C/CC/C=C/CC/C=C/C(O)C(COC1OC(CO)C(OC2OC(CO)C(O)C(O)C2O)C(O)C1O)NC(=O)CCC. The highest BCUT2D eigenvalue weighted by Crippen LogP contribution is 2.29. The van der Waals surface area contributed by atoms with Gasteiger partial charge < -0.3 is 65.1 Å². The number of ether oxygens (including phenoxy) is 4. The second-order valence-corrected chi connectivity index (χ2v) is 13.7. The van der Waals surface area contributed by atoms with Gasteiger partial charge in [0.1, 0.15) is 48.8 Å². The first-order valence-electron chi connectivity index (χ1n) is 19.2. The van der Waals surface area contributed by atoms with E-state index in [0.29, 0.717) is 12.8 Å². The van der Waals surface area contributed by atoms with Gasteiger partial charge in [-0.2, -0.15) is 0 Å². The Kier molecular flexibility index (Phi) is 24.0. The molecule has 14 nitrogen and oxygen atoms in total. The number of allylic oxidation sites excluding steroid dienone is 5. The van der Waals surface area contributed by atoms with E-state index in [4.69, 9.17) is 18.9 Å². The molecule has 0 aromatic carbocycles. The van der Waals surface area contributed by atoms with Crippen LogP contribution >= 0.6 is 0 Å². The molecule has 12 unspecified atom stereocenters. The number of unbranched alkanes of at least 4 members (excludes halogenated alkanes) is 9. The standard InChI is InChI=1S/C38H67NO13/c1-3-5-6-7-8-9-10-11-12-13-14-15-16-17-18-19-20-22-27(42)26(39-30(43)21-4-2)25-49-37-35(48)33(46)36(29(24-41)51-37)52-38-34(47)32(45)31(44)28(23-40)50-38/h12-13,16-17,20,22,26-29,31-38,40-42,44-48H,3-11,14-15,18-19,21,23-25H2,1-2H3,(H,39,43)/b13-12+,17-16+,22-20+. The van der Waals surface area contributed by atoms with Gasteiger partial charge in [0.2, 0.25) is 5.91 Å². The molecule has 14 heteroatoms. The van der Waals surface area contributed by atoms with Crippen LogP contribution in [0.15, 0.2) is 36.5 Å². The van der Waals surface area contributed by atoms with E-state index in [1.165, 1.54) is 44.9 Å². The smallest absolute Gasteiger partial charge is 0.220 e. The Morgan fingerprint density at radius 3 is 1.85 bits per heavy atom. The van der Waals surface area contributed by atoms with Crippen molar-refractivity contribution < 1.29 is 64.6 Å². The molecule has 1 amide bonds. The fraction of sp³-hybridized carbons (Fsp3) is 0.816. The topological polar surface area (TPSA) is 228 Å². The minimum Gasteiger partial charge on any atom is -0.394 e. The quantitative estimate of drug-likeness (QED) is 0.0454. The molecule has 2 saturated heterocycles. The van der Waals surface area contributed by atoms with E-state index < -0.39 is 86.8 Å². The van der Waals surface area contributed by atoms with Gasteiger partial charge in [0.25, 0.3) is 0 Å². The molecule has 0 saturated carbocycles. The summed E-state index contributed by atoms with van der Waals surface area (Å²) in [6, 6.07) is -0.928. The maximum atomic E-state index is 12.4. The van der Waals surface area contributed by atoms with E-state index in [-0.39, 0.29) is 18.9 Å². The highest BCUT2D eigenvalue weighted by Gasteiger charge is 2.50. The summed E-state index contributed by atoms with van der Waals surface area (Å²) in [6.45, 7) is 2.33. The summed E-state index contributed by atoms with van der Waals surface area (Å²) in [5.74, 6) is -0.311. The Balaban J connectivity index is 1.84. The maximum absolute atomic E-state index is 12.4. The fourth-order valence-corrected chi connectivity index (χ4v) is 6.07. The van der Waals surface area contributed by atoms with Crippen LogP contribution in [-0.4, -0.2) is 140 Å². The van der Waals surface area contributed by atoms with Crippen molar-refractivity contribution in [3.8, 4) is 0 Å². The molecule has 12 atom stereocenters. The molecule has 0 aromatic heterocycles. The number of aliphatic hydroxyl groups is 8. The molecule has 2 aliphatic rings. The Morgan fingerprint density at radius 1 is 0.673 bits per heavy atom. The maximum Gasteiger partial charge on any atom is 0.220 e. The van der Waals surface area contributed by atoms with Gasteiger partial charge in [-0.15, -0.1) is 0 Å². The molecule has 52 heavy (non-hydrogen) atoms. The Morgan fingerprint density at radius 2 is 1.23 bits per heavy atom. The molecular formula is C38H67NO13. The molecule has 2 fully saturated rings. The van der Waals surface area contributed by atoms with Crippen LogP contribution in [0.5, 0.6) is 0 Å². The number of hydrogen-bond donors (Lipinski definition) is 9. The largest absolute Gasteiger partial charge is 0.394 e. The molecule has 0 aromatic rings. The summed E-state index contributed by atoms with van der Waals surface area (Å²) in [7, 11) is 0. The van der Waals surface area contributed by atoms with Crippen LogP contribution in [0.4, 0.5) is 0 Å². The summed E-state index contributed by atoms with van der Waals surface area (Å²) in [5, 5.41) is 85.2. The van der Waals surface area contributed by atoms with Crippen molar-refractivity contribution in [1.82, 2.24) is 5.32 Å². The predicted molar refractivity (Wildman–Crippen MR) is 194 cm³/mol. The summed E-state index contributed by atoms with van der Waals surface area (Å²) < 4.78 is 22.3. The van der Waals surface area contributed by atoms with Gasteiger partial charge in [0, 0.05) is 6.42 Å². The lowest BCUT2D eigenvalue weighted by molar-refractivity contribution is -0.359. The summed E-state index contributed by atoms with van der Waals surface area (Å²) in [4.78, 5) is 12.4. The average Bonchev–Trinajstić information content (AvgIpc) is 3.13. The van der Waals surface area contributed by atoms with E-state index in [2.05, 4.69) is 36.5 Å². The van der Waals surface area contributed by atoms with Gasteiger partial charge in [-0.05, 0) is 44.9 Å². The lowest BCUT2D eigenvalue weighted by Crippen LogP contribution is -2.65. The second-order valence-electron chi connectivity index (χ2n) is 13.7. The number of carbonyl (C=O) groups is 1. The number of rotatable bonds is 26. The van der Waals surface area contributed by atoms with Gasteiger partial charge in [-0.3, -0.25) is 4.79 Å². The van der Waals surface area contributed by atoms with E-state index in [9.17, 15) is 45.6 Å². The first-order chi connectivity index (χ1) is 25.1. The predicted octanol–water partition coefficient (Wildman–Crippen LogP) is 1.64. The minimum atomic E-state index is -1.79. The molecular weight excluding hydrogens is 678 g/mol. The van der Waals surface area contributed by atoms with Crippen LogP contribution in [0.25, 0.3) is 0 Å². The Labute approximate surface area is 309 Å². The zero-order valence-electron chi connectivity index (χ0n) is 31.0. The Hall–Kier alpha value is -1.79. The molecule has 302 valence electrons. The van der Waals surface area contributed by atoms with Crippen LogP contribution in [0.3, 0.4) is 0 Å². The first-order valence-corrected chi connectivity index (χ1v) is 19.2. The monoisotopic (exact) mass is 745 g/mol. The van der Waals surface area contributed by atoms with Crippen molar-refractivity contribution >= 4 is 5.91 Å². The van der Waals surface area contributed by atoms with Crippen LogP contribution in [0.1, 0.15) is 104 Å². The van der Waals surface area contributed by atoms with Crippen LogP contribution < -0.4 is 5.32 Å². The number of carbonyl (C=O) groups excluding carboxylic acids is 1. The molecule has 0 spiro atoms. The van der Waals surface area contributed by atoms with E-state index >= 15 is 0 Å². The van der Waals surface area contributed by atoms with E-state index in [1.807, 2.05) is 13.0 Å². The van der Waals surface area contributed by atoms with Crippen molar-refractivity contribution in [2.45, 2.75) is 177 Å². The number of hydrogen-bond acceptors (Lipinski definition) is 13. The van der Waals surface area contributed by atoms with Crippen LogP contribution in [0.2, 0.25) is 0 Å². The lowest BCUT2D eigenvalue weighted by Gasteiger charge is -2.46. The molecule has 2 rings (SSSR count). The molecule has 2 heterocycles. The van der Waals surface area contributed by atoms with Gasteiger partial charge in [0.15, 0.2) is 12.6 Å². The first kappa shape index (κ1) is 46.4. The van der Waals surface area contributed by atoms with Gasteiger partial charge in [0.05, 0.1) is 32.0 Å². The Bertz CT molecular complexity index is 1020. The van der Waals surface area contributed by atoms with Crippen molar-refractivity contribution in [3.63, 3.8) is 0 Å². The number of amides is 1. The zero-order valence-corrected chi connectivity index (χ0v) is 31.0. The van der Waals surface area contributed by atoms with E-state index in [0.717, 1.165) is 25.7 Å². The molecule has 0 bridgehead atoms.